The maximum atomic E-state index is 10.8. The second-order valence-corrected chi connectivity index (χ2v) is 4.84. The van der Waals surface area contributed by atoms with E-state index >= 15 is 0 Å². The van der Waals surface area contributed by atoms with Gasteiger partial charge in [0.1, 0.15) is 6.29 Å². The van der Waals surface area contributed by atoms with Gasteiger partial charge in [0.25, 0.3) is 0 Å². The predicted octanol–water partition coefficient (Wildman–Crippen LogP) is 2.24. The van der Waals surface area contributed by atoms with Crippen LogP contribution in [0.25, 0.3) is 10.2 Å². The summed E-state index contributed by atoms with van der Waals surface area (Å²) in [5.41, 5.74) is 0.639. The van der Waals surface area contributed by atoms with Gasteiger partial charge >= 0.3 is 0 Å². The van der Waals surface area contributed by atoms with Gasteiger partial charge in [-0.1, -0.05) is 17.4 Å². The van der Waals surface area contributed by atoms with E-state index in [9.17, 15) is 4.79 Å². The maximum absolute atomic E-state index is 10.8. The molecule has 0 atom stereocenters. The minimum Gasteiger partial charge on any atom is -0.349 e. The van der Waals surface area contributed by atoms with Crippen molar-refractivity contribution in [1.82, 2.24) is 4.98 Å². The van der Waals surface area contributed by atoms with Crippen LogP contribution in [0.3, 0.4) is 0 Å². The smallest absolute Gasteiger partial charge is 0.184 e. The van der Waals surface area contributed by atoms with Crippen LogP contribution in [0.1, 0.15) is 12.8 Å². The Bertz CT molecular complexity index is 483. The van der Waals surface area contributed by atoms with Gasteiger partial charge in [-0.3, -0.25) is 0 Å². The molecule has 0 saturated heterocycles. The Kier molecular flexibility index (Phi) is 1.79. The lowest BCUT2D eigenvalue weighted by Crippen LogP contribution is -2.22. The van der Waals surface area contributed by atoms with Gasteiger partial charge in [-0.2, -0.15) is 0 Å². The summed E-state index contributed by atoms with van der Waals surface area (Å²) in [6, 6.07) is 8.70. The van der Waals surface area contributed by atoms with Crippen molar-refractivity contribution in [2.24, 2.45) is 0 Å². The van der Waals surface area contributed by atoms with Crippen molar-refractivity contribution < 1.29 is 4.79 Å². The summed E-state index contributed by atoms with van der Waals surface area (Å²) in [7, 11) is 0. The lowest BCUT2D eigenvalue weighted by molar-refractivity contribution is -0.109. The van der Waals surface area contributed by atoms with Crippen molar-refractivity contribution in [3.8, 4) is 0 Å². The van der Waals surface area contributed by atoms with Crippen molar-refractivity contribution in [3.05, 3.63) is 24.3 Å². The molecule has 1 heterocycles. The predicted molar refractivity (Wildman–Crippen MR) is 60.1 cm³/mol. The average molecular weight is 217 g/mol. The summed E-state index contributed by atoms with van der Waals surface area (Å²) >= 11 is 1.57. The highest BCUT2D eigenvalue weighted by Crippen LogP contribution is 2.38. The van der Waals surface area contributed by atoms with Crippen LogP contribution in [0.4, 0.5) is 5.13 Å². The van der Waals surface area contributed by atoms with Crippen molar-refractivity contribution in [3.63, 3.8) is 0 Å². The zero-order valence-corrected chi connectivity index (χ0v) is 8.80. The number of carbonyl (C=O) groups excluding carboxylic acids is 1. The fraction of sp³-hybridized carbons (Fsp3) is 0.273. The molecular weight excluding hydrogens is 208 g/mol. The highest BCUT2D eigenvalue weighted by atomic mass is 32.1. The summed E-state index contributed by atoms with van der Waals surface area (Å²) < 4.78 is 1.10. The van der Waals surface area contributed by atoms with Crippen LogP contribution in [-0.2, 0) is 4.79 Å². The first-order valence-electron chi connectivity index (χ1n) is 4.82. The molecule has 75 valence electrons. The van der Waals surface area contributed by atoms with Crippen molar-refractivity contribution in [2.45, 2.75) is 18.4 Å². The lowest BCUT2D eigenvalue weighted by atomic mass is 10.3. The number of benzene rings is 1. The van der Waals surface area contributed by atoms with E-state index in [2.05, 4.69) is 16.4 Å². The zero-order chi connectivity index (χ0) is 10.3. The van der Waals surface area contributed by atoms with Crippen LogP contribution < -0.4 is 5.32 Å². The topological polar surface area (TPSA) is 42.0 Å². The minimum absolute atomic E-state index is 0.322. The summed E-state index contributed by atoms with van der Waals surface area (Å²) in [5.74, 6) is 0. The number of thiazole rings is 1. The van der Waals surface area contributed by atoms with E-state index in [4.69, 9.17) is 0 Å². The SMILES string of the molecule is O=CC1(Nc2nc3cc[c]cc3s2)CC1. The summed E-state index contributed by atoms with van der Waals surface area (Å²) in [6.07, 6.45) is 2.82. The Morgan fingerprint density at radius 3 is 3.13 bits per heavy atom. The molecule has 0 spiro atoms. The Balaban J connectivity index is 1.95. The lowest BCUT2D eigenvalue weighted by Gasteiger charge is -2.06. The molecule has 4 heteroatoms. The van der Waals surface area contributed by atoms with Gasteiger partial charge in [-0.05, 0) is 31.0 Å². The number of nitrogens with zero attached hydrogens (tertiary/aromatic N) is 1. The van der Waals surface area contributed by atoms with Gasteiger partial charge < -0.3 is 10.1 Å². The first-order chi connectivity index (χ1) is 7.31. The number of hydrogen-bond acceptors (Lipinski definition) is 4. The summed E-state index contributed by atoms with van der Waals surface area (Å²) in [5, 5.41) is 4.02. The van der Waals surface area contributed by atoms with E-state index in [0.717, 1.165) is 34.5 Å². The Morgan fingerprint density at radius 1 is 1.60 bits per heavy atom. The molecule has 1 saturated carbocycles. The van der Waals surface area contributed by atoms with E-state index < -0.39 is 0 Å². The van der Waals surface area contributed by atoms with Crippen LogP contribution in [0.2, 0.25) is 0 Å². The molecule has 3 rings (SSSR count). The molecule has 1 aromatic carbocycles. The first-order valence-corrected chi connectivity index (χ1v) is 5.64. The molecular formula is C11H9N2OS. The number of carbonyl (C=O) groups is 1. The molecule has 1 aliphatic carbocycles. The van der Waals surface area contributed by atoms with Crippen LogP contribution in [0.5, 0.6) is 0 Å². The second-order valence-electron chi connectivity index (χ2n) is 3.81. The van der Waals surface area contributed by atoms with Crippen LogP contribution in [-0.4, -0.2) is 16.8 Å². The fourth-order valence-corrected chi connectivity index (χ4v) is 2.44. The molecule has 15 heavy (non-hydrogen) atoms. The Labute approximate surface area is 91.1 Å². The van der Waals surface area contributed by atoms with Crippen molar-refractivity contribution >= 4 is 33.0 Å². The third-order valence-electron chi connectivity index (χ3n) is 2.60. The molecule has 0 bridgehead atoms. The average Bonchev–Trinajstić information content (AvgIpc) is 2.91. The number of rotatable bonds is 3. The number of hydrogen-bond donors (Lipinski definition) is 1. The fourth-order valence-electron chi connectivity index (χ4n) is 1.49. The van der Waals surface area contributed by atoms with E-state index in [0.29, 0.717) is 0 Å². The number of anilines is 1. The highest BCUT2D eigenvalue weighted by molar-refractivity contribution is 7.22. The molecule has 1 aromatic heterocycles. The van der Waals surface area contributed by atoms with Crippen LogP contribution in [0.15, 0.2) is 18.2 Å². The van der Waals surface area contributed by atoms with Gasteiger partial charge in [0.15, 0.2) is 5.13 Å². The van der Waals surface area contributed by atoms with E-state index in [1.165, 1.54) is 0 Å². The summed E-state index contributed by atoms with van der Waals surface area (Å²) in [4.78, 5) is 15.2. The van der Waals surface area contributed by atoms with Gasteiger partial charge in [-0.15, -0.1) is 0 Å². The van der Waals surface area contributed by atoms with Crippen LogP contribution in [0, 0.1) is 6.07 Å². The monoisotopic (exact) mass is 217 g/mol. The molecule has 3 nitrogen and oxygen atoms in total. The van der Waals surface area contributed by atoms with E-state index in [-0.39, 0.29) is 5.54 Å². The number of nitrogens with one attached hydrogen (secondary N) is 1. The van der Waals surface area contributed by atoms with E-state index in [1.54, 1.807) is 11.3 Å². The minimum atomic E-state index is -0.322. The van der Waals surface area contributed by atoms with Gasteiger partial charge in [0.2, 0.25) is 0 Å². The number of fused-ring (bicyclic) bond motifs is 1. The van der Waals surface area contributed by atoms with Crippen molar-refractivity contribution in [1.29, 1.82) is 0 Å². The largest absolute Gasteiger partial charge is 0.349 e. The molecule has 2 aromatic rings. The number of aldehydes is 1. The molecule has 1 fully saturated rings. The molecule has 1 radical (unpaired) electrons. The van der Waals surface area contributed by atoms with Gasteiger partial charge in [0, 0.05) is 0 Å². The van der Waals surface area contributed by atoms with Crippen LogP contribution >= 0.6 is 11.3 Å². The quantitative estimate of drug-likeness (QED) is 0.802. The third kappa shape index (κ3) is 1.51. The Hall–Kier alpha value is -1.42. The highest BCUT2D eigenvalue weighted by Gasteiger charge is 2.43. The standard InChI is InChI=1S/C11H9N2OS/c14-7-11(5-6-11)13-10-12-8-3-1-2-4-9(8)15-10/h1,3-4,7H,5-6H2,(H,12,13). The third-order valence-corrected chi connectivity index (χ3v) is 3.54. The van der Waals surface area contributed by atoms with Gasteiger partial charge in [0.05, 0.1) is 15.8 Å². The number of aromatic nitrogens is 1. The first kappa shape index (κ1) is 8.85. The molecule has 0 unspecified atom stereocenters. The molecule has 0 amide bonds. The maximum Gasteiger partial charge on any atom is 0.184 e. The van der Waals surface area contributed by atoms with Crippen molar-refractivity contribution in [2.75, 3.05) is 5.32 Å². The van der Waals surface area contributed by atoms with E-state index in [1.807, 2.05) is 18.2 Å². The van der Waals surface area contributed by atoms with Gasteiger partial charge in [-0.25, -0.2) is 4.98 Å². The zero-order valence-electron chi connectivity index (χ0n) is 7.99. The summed E-state index contributed by atoms with van der Waals surface area (Å²) in [6.45, 7) is 0. The molecule has 1 N–H and O–H groups in total. The molecule has 1 aliphatic rings. The second kappa shape index (κ2) is 3.03. The molecule has 0 aliphatic heterocycles. The normalized spacial score (nSPS) is 17.6. The Morgan fingerprint density at radius 2 is 2.47 bits per heavy atom.